The number of rotatable bonds is 2. The first-order valence-electron chi connectivity index (χ1n) is 4.59. The van der Waals surface area contributed by atoms with E-state index in [2.05, 4.69) is 43.3 Å². The molecule has 1 fully saturated rings. The summed E-state index contributed by atoms with van der Waals surface area (Å²) in [6.45, 7) is 2.14. The average molecular weight is 158 g/mol. The van der Waals surface area contributed by atoms with Crippen molar-refractivity contribution in [1.29, 1.82) is 0 Å². The molecule has 2 rings (SSSR count). The van der Waals surface area contributed by atoms with Gasteiger partial charge in [0.2, 0.25) is 0 Å². The molecule has 0 aromatic heterocycles. The van der Waals surface area contributed by atoms with Crippen molar-refractivity contribution in [3.05, 3.63) is 47.5 Å². The first-order chi connectivity index (χ1) is 5.90. The molecule has 12 heavy (non-hydrogen) atoms. The second kappa shape index (κ2) is 3.14. The Kier molecular flexibility index (Phi) is 1.99. The Labute approximate surface area is 73.9 Å². The van der Waals surface area contributed by atoms with Crippen molar-refractivity contribution in [3.8, 4) is 0 Å². The molecule has 1 aliphatic rings. The van der Waals surface area contributed by atoms with Crippen LogP contribution in [0, 0.1) is 5.92 Å². The van der Waals surface area contributed by atoms with E-state index in [1.807, 2.05) is 0 Å². The Morgan fingerprint density at radius 3 is 2.67 bits per heavy atom. The molecule has 1 unspecified atom stereocenters. The molecule has 0 heteroatoms. The van der Waals surface area contributed by atoms with Crippen LogP contribution in [0.5, 0.6) is 0 Å². The fraction of sp³-hybridized carbons (Fsp3) is 0.333. The molecule has 0 nitrogen and oxygen atoms in total. The molecule has 0 heterocycles. The minimum atomic E-state index is 0.859. The number of allylic oxidation sites excluding steroid dienone is 2. The van der Waals surface area contributed by atoms with Crippen LogP contribution in [0.3, 0.4) is 0 Å². The third-order valence-corrected chi connectivity index (χ3v) is 2.54. The lowest BCUT2D eigenvalue weighted by atomic mass is 10.1. The molecule has 62 valence electrons. The SMILES string of the molecule is CC=C1CC1Cc1ccccc1. The van der Waals surface area contributed by atoms with E-state index in [9.17, 15) is 0 Å². The summed E-state index contributed by atoms with van der Waals surface area (Å²) in [7, 11) is 0. The smallest absolute Gasteiger partial charge is 0.0125 e. The van der Waals surface area contributed by atoms with Gasteiger partial charge in [-0.2, -0.15) is 0 Å². The van der Waals surface area contributed by atoms with Gasteiger partial charge in [-0.25, -0.2) is 0 Å². The van der Waals surface area contributed by atoms with Crippen LogP contribution >= 0.6 is 0 Å². The number of benzene rings is 1. The topological polar surface area (TPSA) is 0 Å². The maximum atomic E-state index is 2.26. The van der Waals surface area contributed by atoms with Crippen LogP contribution in [0.25, 0.3) is 0 Å². The second-order valence-electron chi connectivity index (χ2n) is 3.45. The van der Waals surface area contributed by atoms with E-state index in [0.717, 1.165) is 5.92 Å². The molecular formula is C12H14. The fourth-order valence-electron chi connectivity index (χ4n) is 1.68. The zero-order valence-corrected chi connectivity index (χ0v) is 7.46. The lowest BCUT2D eigenvalue weighted by Gasteiger charge is -1.96. The summed E-state index contributed by atoms with van der Waals surface area (Å²) in [6, 6.07) is 10.7. The minimum Gasteiger partial charge on any atom is -0.0881 e. The molecule has 0 spiro atoms. The fourth-order valence-corrected chi connectivity index (χ4v) is 1.68. The molecule has 0 amide bonds. The first-order valence-corrected chi connectivity index (χ1v) is 4.59. The number of hydrogen-bond donors (Lipinski definition) is 0. The molecule has 0 radical (unpaired) electrons. The van der Waals surface area contributed by atoms with E-state index in [-0.39, 0.29) is 0 Å². The van der Waals surface area contributed by atoms with Gasteiger partial charge in [0.25, 0.3) is 0 Å². The Morgan fingerprint density at radius 2 is 2.08 bits per heavy atom. The lowest BCUT2D eigenvalue weighted by molar-refractivity contribution is 0.860. The highest BCUT2D eigenvalue weighted by atomic mass is 14.3. The van der Waals surface area contributed by atoms with Crippen molar-refractivity contribution in [2.24, 2.45) is 5.92 Å². The average Bonchev–Trinajstić information content (AvgIpc) is 2.85. The van der Waals surface area contributed by atoms with Gasteiger partial charge in [-0.3, -0.25) is 0 Å². The van der Waals surface area contributed by atoms with Crippen molar-refractivity contribution in [2.75, 3.05) is 0 Å². The van der Waals surface area contributed by atoms with E-state index in [1.54, 1.807) is 5.57 Å². The second-order valence-corrected chi connectivity index (χ2v) is 3.45. The van der Waals surface area contributed by atoms with Crippen LogP contribution in [0.2, 0.25) is 0 Å². The van der Waals surface area contributed by atoms with Crippen molar-refractivity contribution >= 4 is 0 Å². The molecule has 0 aliphatic heterocycles. The van der Waals surface area contributed by atoms with Crippen LogP contribution < -0.4 is 0 Å². The molecule has 1 aromatic rings. The third kappa shape index (κ3) is 1.58. The van der Waals surface area contributed by atoms with Crippen LogP contribution in [-0.2, 0) is 6.42 Å². The van der Waals surface area contributed by atoms with Crippen LogP contribution in [-0.4, -0.2) is 0 Å². The van der Waals surface area contributed by atoms with Crippen LogP contribution in [0.1, 0.15) is 18.9 Å². The van der Waals surface area contributed by atoms with Gasteiger partial charge in [0.05, 0.1) is 0 Å². The van der Waals surface area contributed by atoms with Gasteiger partial charge in [-0.05, 0) is 31.2 Å². The van der Waals surface area contributed by atoms with Crippen molar-refractivity contribution < 1.29 is 0 Å². The summed E-state index contributed by atoms with van der Waals surface area (Å²) in [5, 5.41) is 0. The van der Waals surface area contributed by atoms with E-state index in [4.69, 9.17) is 0 Å². The van der Waals surface area contributed by atoms with E-state index in [0.29, 0.717) is 0 Å². The van der Waals surface area contributed by atoms with Gasteiger partial charge >= 0.3 is 0 Å². The maximum Gasteiger partial charge on any atom is -0.0125 e. The number of hydrogen-bond acceptors (Lipinski definition) is 0. The van der Waals surface area contributed by atoms with Gasteiger partial charge in [0.1, 0.15) is 0 Å². The summed E-state index contributed by atoms with van der Waals surface area (Å²) in [5.41, 5.74) is 3.11. The van der Waals surface area contributed by atoms with Gasteiger partial charge in [-0.1, -0.05) is 42.0 Å². The molecular weight excluding hydrogens is 144 g/mol. The molecule has 1 aliphatic carbocycles. The molecule has 1 aromatic carbocycles. The normalized spacial score (nSPS) is 24.4. The van der Waals surface area contributed by atoms with E-state index < -0.39 is 0 Å². The molecule has 0 bridgehead atoms. The zero-order valence-electron chi connectivity index (χ0n) is 7.46. The predicted octanol–water partition coefficient (Wildman–Crippen LogP) is 3.20. The Hall–Kier alpha value is -1.04. The van der Waals surface area contributed by atoms with Gasteiger partial charge in [0, 0.05) is 0 Å². The van der Waals surface area contributed by atoms with Crippen molar-refractivity contribution in [3.63, 3.8) is 0 Å². The van der Waals surface area contributed by atoms with Crippen molar-refractivity contribution in [2.45, 2.75) is 19.8 Å². The van der Waals surface area contributed by atoms with Gasteiger partial charge < -0.3 is 0 Å². The first kappa shape index (κ1) is 7.60. The summed E-state index contributed by atoms with van der Waals surface area (Å²) < 4.78 is 0. The molecule has 0 saturated heterocycles. The molecule has 1 saturated carbocycles. The lowest BCUT2D eigenvalue weighted by Crippen LogP contribution is -1.85. The summed E-state index contributed by atoms with van der Waals surface area (Å²) in [6.07, 6.45) is 4.82. The quantitative estimate of drug-likeness (QED) is 0.580. The van der Waals surface area contributed by atoms with Crippen LogP contribution in [0.15, 0.2) is 42.0 Å². The Bertz CT molecular complexity index is 282. The summed E-state index contributed by atoms with van der Waals surface area (Å²) in [4.78, 5) is 0. The highest BCUT2D eigenvalue weighted by Crippen LogP contribution is 2.39. The van der Waals surface area contributed by atoms with E-state index in [1.165, 1.54) is 18.4 Å². The monoisotopic (exact) mass is 158 g/mol. The van der Waals surface area contributed by atoms with Gasteiger partial charge in [0.15, 0.2) is 0 Å². The Balaban J connectivity index is 1.98. The highest BCUT2D eigenvalue weighted by molar-refractivity contribution is 5.27. The summed E-state index contributed by atoms with van der Waals surface area (Å²) in [5.74, 6) is 0.859. The molecule has 0 N–H and O–H groups in total. The van der Waals surface area contributed by atoms with Crippen LogP contribution in [0.4, 0.5) is 0 Å². The predicted molar refractivity (Wildman–Crippen MR) is 52.0 cm³/mol. The summed E-state index contributed by atoms with van der Waals surface area (Å²) >= 11 is 0. The third-order valence-electron chi connectivity index (χ3n) is 2.54. The van der Waals surface area contributed by atoms with Gasteiger partial charge in [-0.15, -0.1) is 0 Å². The Morgan fingerprint density at radius 1 is 1.33 bits per heavy atom. The standard InChI is InChI=1S/C12H14/c1-2-11-9-12(11)8-10-6-4-3-5-7-10/h2-7,12H,8-9H2,1H3. The minimum absolute atomic E-state index is 0.859. The van der Waals surface area contributed by atoms with E-state index >= 15 is 0 Å². The molecule has 1 atom stereocenters. The largest absolute Gasteiger partial charge is 0.0881 e. The highest BCUT2D eigenvalue weighted by Gasteiger charge is 2.27. The van der Waals surface area contributed by atoms with Crippen molar-refractivity contribution in [1.82, 2.24) is 0 Å². The zero-order chi connectivity index (χ0) is 8.39. The maximum absolute atomic E-state index is 2.26.